The number of aliphatic hydroxyl groups excluding tert-OH is 1. The van der Waals surface area contributed by atoms with E-state index in [1.165, 1.54) is 0 Å². The summed E-state index contributed by atoms with van der Waals surface area (Å²) in [6.45, 7) is 4.12. The van der Waals surface area contributed by atoms with Gasteiger partial charge in [-0.1, -0.05) is 192 Å². The largest absolute Gasteiger partial charge is 0.472 e. The zero-order valence-corrected chi connectivity index (χ0v) is 46.6. The van der Waals surface area contributed by atoms with E-state index in [2.05, 4.69) is 148 Å². The van der Waals surface area contributed by atoms with Crippen molar-refractivity contribution in [2.75, 3.05) is 26.4 Å². The molecule has 0 amide bonds. The molecule has 74 heavy (non-hydrogen) atoms. The smallest absolute Gasteiger partial charge is 0.462 e. The van der Waals surface area contributed by atoms with Gasteiger partial charge in [0, 0.05) is 19.3 Å². The molecule has 0 bridgehead atoms. The highest BCUT2D eigenvalue weighted by molar-refractivity contribution is 7.47. The number of allylic oxidation sites excluding steroid dienone is 24. The van der Waals surface area contributed by atoms with Gasteiger partial charge in [-0.3, -0.25) is 23.4 Å². The molecule has 0 spiro atoms. The van der Waals surface area contributed by atoms with E-state index in [0.29, 0.717) is 19.3 Å². The number of unbranched alkanes of at least 4 members (excludes halogenated alkanes) is 8. The average Bonchev–Trinajstić information content (AvgIpc) is 3.39. The molecule has 0 aliphatic carbocycles. The van der Waals surface area contributed by atoms with Gasteiger partial charge in [0.15, 0.2) is 6.10 Å². The SMILES string of the molecule is CC/C=C\C/C=C\C/C=C\C/C=C\CCCCCCCCC(=O)OCC(COP(=O)(O)OCC(CO)OC(=O)CC/C=C\C/C=C\C/C=C\C/C=C\CC)OC(=O)CCCC/C=C\C/C=C\C/C=C\C/C=C\CC. The van der Waals surface area contributed by atoms with Crippen LogP contribution in [0.4, 0.5) is 0 Å². The molecule has 2 N–H and O–H groups in total. The summed E-state index contributed by atoms with van der Waals surface area (Å²) in [5.41, 5.74) is 0. The summed E-state index contributed by atoms with van der Waals surface area (Å²) in [5.74, 6) is -1.64. The zero-order valence-electron chi connectivity index (χ0n) is 45.7. The standard InChI is InChI=1S/C62H97O11P/c1-4-7-10-13-16-19-22-25-27-28-29-30-32-34-36-39-42-45-48-51-60(64)69-55-59(73-62(66)53-50-47-44-41-38-35-31-26-23-20-17-14-11-8-5-2)57-71-74(67,68)70-56-58(54-63)72-61(65)52-49-46-43-40-37-33-24-21-18-15-12-9-6-3/h7-12,16-21,25-27,29-31,33,37-38,41,43,46,58-59,63H,4-6,13-15,22-24,28,32,34-36,39-40,42,44-45,47-57H2,1-3H3,(H,67,68)/b10-7-,11-8-,12-9-,19-16-,20-17-,21-18-,27-25-,30-29-,31-26-,37-33-,41-38-,46-43-. The minimum Gasteiger partial charge on any atom is -0.462 e. The summed E-state index contributed by atoms with van der Waals surface area (Å²) >= 11 is 0. The first-order valence-electron chi connectivity index (χ1n) is 27.7. The van der Waals surface area contributed by atoms with E-state index < -0.39 is 57.8 Å². The molecule has 11 nitrogen and oxygen atoms in total. The molecule has 0 rings (SSSR count). The van der Waals surface area contributed by atoms with Crippen LogP contribution in [-0.4, -0.2) is 66.5 Å². The van der Waals surface area contributed by atoms with Crippen molar-refractivity contribution in [2.24, 2.45) is 0 Å². The fourth-order valence-electron chi connectivity index (χ4n) is 6.64. The highest BCUT2D eigenvalue weighted by Gasteiger charge is 2.28. The van der Waals surface area contributed by atoms with E-state index in [1.807, 2.05) is 18.2 Å². The van der Waals surface area contributed by atoms with E-state index in [0.717, 1.165) is 128 Å². The Labute approximate surface area is 448 Å². The molecule has 0 fully saturated rings. The van der Waals surface area contributed by atoms with Crippen LogP contribution >= 0.6 is 7.82 Å². The molecule has 0 aliphatic heterocycles. The Hall–Kier alpha value is -4.64. The van der Waals surface area contributed by atoms with Crippen LogP contribution in [0.2, 0.25) is 0 Å². The van der Waals surface area contributed by atoms with Crippen LogP contribution in [0.15, 0.2) is 146 Å². The summed E-state index contributed by atoms with van der Waals surface area (Å²) in [6, 6.07) is 0. The number of carbonyl (C=O) groups is 3. The number of phosphoric acid groups is 1. The van der Waals surface area contributed by atoms with E-state index in [4.69, 9.17) is 23.3 Å². The third-order valence-electron chi connectivity index (χ3n) is 10.8. The third-order valence-corrected chi connectivity index (χ3v) is 11.7. The van der Waals surface area contributed by atoms with Crippen molar-refractivity contribution in [3.63, 3.8) is 0 Å². The number of ether oxygens (including phenoxy) is 3. The molecule has 0 saturated heterocycles. The molecule has 12 heteroatoms. The Balaban J connectivity index is 4.89. The second-order valence-corrected chi connectivity index (χ2v) is 19.1. The van der Waals surface area contributed by atoms with Crippen molar-refractivity contribution in [3.8, 4) is 0 Å². The lowest BCUT2D eigenvalue weighted by molar-refractivity contribution is -0.161. The first kappa shape index (κ1) is 69.4. The topological polar surface area (TPSA) is 155 Å². The van der Waals surface area contributed by atoms with Gasteiger partial charge in [-0.15, -0.1) is 0 Å². The van der Waals surface area contributed by atoms with Crippen molar-refractivity contribution in [3.05, 3.63) is 146 Å². The van der Waals surface area contributed by atoms with Crippen molar-refractivity contribution >= 4 is 25.7 Å². The Morgan fingerprint density at radius 1 is 0.378 bits per heavy atom. The molecule has 0 saturated carbocycles. The number of hydrogen-bond acceptors (Lipinski definition) is 10. The van der Waals surface area contributed by atoms with Crippen LogP contribution in [0.3, 0.4) is 0 Å². The van der Waals surface area contributed by atoms with Gasteiger partial charge in [0.05, 0.1) is 19.8 Å². The first-order chi connectivity index (χ1) is 36.2. The van der Waals surface area contributed by atoms with Crippen molar-refractivity contribution in [1.82, 2.24) is 0 Å². The van der Waals surface area contributed by atoms with Crippen LogP contribution in [0.5, 0.6) is 0 Å². The van der Waals surface area contributed by atoms with Crippen LogP contribution in [-0.2, 0) is 42.2 Å². The van der Waals surface area contributed by atoms with Crippen LogP contribution < -0.4 is 0 Å². The van der Waals surface area contributed by atoms with Crippen molar-refractivity contribution in [2.45, 2.75) is 200 Å². The lowest BCUT2D eigenvalue weighted by atomic mass is 10.1. The minimum atomic E-state index is -4.79. The lowest BCUT2D eigenvalue weighted by Gasteiger charge is -2.21. The highest BCUT2D eigenvalue weighted by atomic mass is 31.2. The van der Waals surface area contributed by atoms with Crippen molar-refractivity contribution in [1.29, 1.82) is 0 Å². The molecular formula is C62H97O11P. The van der Waals surface area contributed by atoms with E-state index in [9.17, 15) is 28.9 Å². The average molecular weight is 1050 g/mol. The summed E-state index contributed by atoms with van der Waals surface area (Å²) in [7, 11) is -4.79. The van der Waals surface area contributed by atoms with E-state index in [1.54, 1.807) is 0 Å². The highest BCUT2D eigenvalue weighted by Crippen LogP contribution is 2.43. The van der Waals surface area contributed by atoms with Gasteiger partial charge >= 0.3 is 25.7 Å². The second-order valence-electron chi connectivity index (χ2n) is 17.6. The summed E-state index contributed by atoms with van der Waals surface area (Å²) in [6.07, 6.45) is 69.8. The lowest BCUT2D eigenvalue weighted by Crippen LogP contribution is -2.30. The Morgan fingerprint density at radius 3 is 1.12 bits per heavy atom. The van der Waals surface area contributed by atoms with Crippen LogP contribution in [0.1, 0.15) is 188 Å². The molecule has 0 radical (unpaired) electrons. The van der Waals surface area contributed by atoms with Gasteiger partial charge in [0.1, 0.15) is 12.7 Å². The molecule has 3 atom stereocenters. The van der Waals surface area contributed by atoms with Gasteiger partial charge < -0.3 is 24.2 Å². The Morgan fingerprint density at radius 2 is 0.689 bits per heavy atom. The van der Waals surface area contributed by atoms with Gasteiger partial charge in [-0.05, 0) is 122 Å². The predicted molar refractivity (Wildman–Crippen MR) is 306 cm³/mol. The minimum absolute atomic E-state index is 0.0436. The van der Waals surface area contributed by atoms with Gasteiger partial charge in [-0.2, -0.15) is 0 Å². The predicted octanol–water partition coefficient (Wildman–Crippen LogP) is 16.4. The number of carbonyl (C=O) groups excluding carboxylic acids is 3. The molecule has 416 valence electrons. The molecule has 0 aromatic carbocycles. The van der Waals surface area contributed by atoms with Gasteiger partial charge in [0.2, 0.25) is 0 Å². The van der Waals surface area contributed by atoms with E-state index in [-0.39, 0.29) is 25.9 Å². The van der Waals surface area contributed by atoms with Gasteiger partial charge in [0.25, 0.3) is 0 Å². The first-order valence-corrected chi connectivity index (χ1v) is 29.2. The number of hydrogen-bond donors (Lipinski definition) is 2. The fourth-order valence-corrected chi connectivity index (χ4v) is 7.43. The third kappa shape index (κ3) is 52.2. The molecule has 0 aliphatic rings. The number of rotatable bonds is 49. The quantitative estimate of drug-likeness (QED) is 0.0197. The summed E-state index contributed by atoms with van der Waals surface area (Å²) < 4.78 is 39.3. The summed E-state index contributed by atoms with van der Waals surface area (Å²) in [5, 5.41) is 9.78. The van der Waals surface area contributed by atoms with Crippen LogP contribution in [0, 0.1) is 0 Å². The molecule has 0 aromatic heterocycles. The Kier molecular flexibility index (Phi) is 51.2. The second kappa shape index (κ2) is 54.6. The van der Waals surface area contributed by atoms with Gasteiger partial charge in [-0.25, -0.2) is 4.57 Å². The fraction of sp³-hybridized carbons (Fsp3) is 0.565. The molecule has 3 unspecified atom stereocenters. The van der Waals surface area contributed by atoms with Crippen molar-refractivity contribution < 1.29 is 52.2 Å². The van der Waals surface area contributed by atoms with Crippen LogP contribution in [0.25, 0.3) is 0 Å². The zero-order chi connectivity index (χ0) is 54.1. The number of esters is 3. The summed E-state index contributed by atoms with van der Waals surface area (Å²) in [4.78, 5) is 48.4. The molecule has 0 heterocycles. The number of aliphatic hydroxyl groups is 1. The molecular weight excluding hydrogens is 952 g/mol. The maximum atomic E-state index is 12.9. The maximum absolute atomic E-state index is 12.9. The number of phosphoric ester groups is 1. The monoisotopic (exact) mass is 1050 g/mol. The maximum Gasteiger partial charge on any atom is 0.472 e. The normalized spacial score (nSPS) is 14.5. The van der Waals surface area contributed by atoms with E-state index >= 15 is 0 Å². The molecule has 0 aromatic rings. The Bertz CT molecular complexity index is 1800.